The van der Waals surface area contributed by atoms with Crippen molar-refractivity contribution in [2.24, 2.45) is 5.92 Å². The topological polar surface area (TPSA) is 101 Å². The van der Waals surface area contributed by atoms with Crippen LogP contribution in [-0.4, -0.2) is 33.3 Å². The molecule has 2 aromatic rings. The Morgan fingerprint density at radius 1 is 1.22 bits per heavy atom. The first kappa shape index (κ1) is 16.4. The van der Waals surface area contributed by atoms with Crippen LogP contribution in [0.5, 0.6) is 0 Å². The highest BCUT2D eigenvalue weighted by atomic mass is 16.4. The van der Waals surface area contributed by atoms with Gasteiger partial charge in [-0.15, -0.1) is 0 Å². The molecule has 0 aliphatic heterocycles. The van der Waals surface area contributed by atoms with E-state index in [2.05, 4.69) is 10.4 Å². The van der Waals surface area contributed by atoms with Crippen molar-refractivity contribution in [3.05, 3.63) is 64.1 Å². The van der Waals surface area contributed by atoms with Crippen LogP contribution in [0.4, 0.5) is 0 Å². The molecule has 0 aliphatic carbocycles. The number of benzene rings is 1. The second-order valence-electron chi connectivity index (χ2n) is 5.15. The summed E-state index contributed by atoms with van der Waals surface area (Å²) in [5, 5.41) is 15.3. The lowest BCUT2D eigenvalue weighted by Gasteiger charge is -2.09. The van der Waals surface area contributed by atoms with Gasteiger partial charge in [-0.2, -0.15) is 5.10 Å². The number of nitrogens with zero attached hydrogens (tertiary/aromatic N) is 2. The monoisotopic (exact) mass is 315 g/mol. The van der Waals surface area contributed by atoms with E-state index in [4.69, 9.17) is 5.11 Å². The highest BCUT2D eigenvalue weighted by Crippen LogP contribution is 2.00. The summed E-state index contributed by atoms with van der Waals surface area (Å²) in [4.78, 5) is 34.6. The highest BCUT2D eigenvalue weighted by molar-refractivity contribution is 5.92. The number of carbonyl (C=O) groups excluding carboxylic acids is 1. The minimum absolute atomic E-state index is 0.00629. The summed E-state index contributed by atoms with van der Waals surface area (Å²) in [6.45, 7) is 1.74. The molecule has 0 unspecified atom stereocenters. The molecule has 7 nitrogen and oxygen atoms in total. The molecular formula is C16H17N3O4. The molecule has 0 fully saturated rings. The van der Waals surface area contributed by atoms with E-state index in [9.17, 15) is 14.4 Å². The number of nitrogens with one attached hydrogen (secondary N) is 1. The summed E-state index contributed by atoms with van der Waals surface area (Å²) in [6, 6.07) is 11.9. The zero-order valence-corrected chi connectivity index (χ0v) is 12.6. The Balaban J connectivity index is 2.12. The normalized spacial score (nSPS) is 11.7. The van der Waals surface area contributed by atoms with Gasteiger partial charge in [-0.1, -0.05) is 37.3 Å². The zero-order valence-electron chi connectivity index (χ0n) is 12.6. The fourth-order valence-electron chi connectivity index (χ4n) is 1.86. The van der Waals surface area contributed by atoms with Crippen molar-refractivity contribution in [3.8, 4) is 0 Å². The Bertz CT molecular complexity index is 755. The molecular weight excluding hydrogens is 298 g/mol. The van der Waals surface area contributed by atoms with Gasteiger partial charge >= 0.3 is 5.97 Å². The SMILES string of the molecule is C[C@H](CNC(=O)c1ccc(=O)n(Cc2ccccc2)n1)C(=O)O. The first-order valence-electron chi connectivity index (χ1n) is 7.10. The lowest BCUT2D eigenvalue weighted by Crippen LogP contribution is -2.34. The van der Waals surface area contributed by atoms with Crippen molar-refractivity contribution in [1.29, 1.82) is 0 Å². The van der Waals surface area contributed by atoms with Gasteiger partial charge in [0.2, 0.25) is 0 Å². The minimum atomic E-state index is -0.993. The average molecular weight is 315 g/mol. The van der Waals surface area contributed by atoms with Crippen LogP contribution in [0.1, 0.15) is 23.0 Å². The molecule has 1 amide bonds. The minimum Gasteiger partial charge on any atom is -0.481 e. The Hall–Kier alpha value is -2.96. The van der Waals surface area contributed by atoms with Gasteiger partial charge in [-0.05, 0) is 11.6 Å². The zero-order chi connectivity index (χ0) is 16.8. The molecule has 0 aliphatic rings. The van der Waals surface area contributed by atoms with E-state index in [1.54, 1.807) is 0 Å². The molecule has 0 saturated carbocycles. The van der Waals surface area contributed by atoms with Crippen LogP contribution >= 0.6 is 0 Å². The summed E-state index contributed by atoms with van der Waals surface area (Å²) in [6.07, 6.45) is 0. The molecule has 120 valence electrons. The van der Waals surface area contributed by atoms with Gasteiger partial charge in [0.15, 0.2) is 0 Å². The lowest BCUT2D eigenvalue weighted by molar-refractivity contribution is -0.140. The number of aliphatic carboxylic acids is 1. The molecule has 1 aromatic heterocycles. The molecule has 2 N–H and O–H groups in total. The number of carboxylic acid groups (broad SMARTS) is 1. The second-order valence-corrected chi connectivity index (χ2v) is 5.15. The van der Waals surface area contributed by atoms with Crippen LogP contribution < -0.4 is 10.9 Å². The maximum Gasteiger partial charge on any atom is 0.308 e. The van der Waals surface area contributed by atoms with Crippen molar-refractivity contribution in [2.45, 2.75) is 13.5 Å². The fourth-order valence-corrected chi connectivity index (χ4v) is 1.86. The third kappa shape index (κ3) is 4.50. The third-order valence-electron chi connectivity index (χ3n) is 3.26. The summed E-state index contributed by atoms with van der Waals surface area (Å²) < 4.78 is 1.20. The predicted molar refractivity (Wildman–Crippen MR) is 83.2 cm³/mol. The Morgan fingerprint density at radius 2 is 1.91 bits per heavy atom. The van der Waals surface area contributed by atoms with Crippen molar-refractivity contribution in [3.63, 3.8) is 0 Å². The average Bonchev–Trinajstić information content (AvgIpc) is 2.55. The van der Waals surface area contributed by atoms with Crippen LogP contribution in [0.3, 0.4) is 0 Å². The third-order valence-corrected chi connectivity index (χ3v) is 3.26. The van der Waals surface area contributed by atoms with Gasteiger partial charge in [0.25, 0.3) is 11.5 Å². The van der Waals surface area contributed by atoms with Crippen LogP contribution in [0.25, 0.3) is 0 Å². The van der Waals surface area contributed by atoms with E-state index < -0.39 is 17.8 Å². The van der Waals surface area contributed by atoms with Gasteiger partial charge in [-0.3, -0.25) is 14.4 Å². The number of hydrogen-bond donors (Lipinski definition) is 2. The summed E-state index contributed by atoms with van der Waals surface area (Å²) in [7, 11) is 0. The standard InChI is InChI=1S/C16H17N3O4/c1-11(16(22)23)9-17-15(21)13-7-8-14(20)19(18-13)10-12-5-3-2-4-6-12/h2-8,11H,9-10H2,1H3,(H,17,21)(H,22,23)/t11-/m1/s1. The van der Waals surface area contributed by atoms with Crippen LogP contribution in [0, 0.1) is 5.92 Å². The van der Waals surface area contributed by atoms with Crippen LogP contribution in [0.2, 0.25) is 0 Å². The molecule has 7 heteroatoms. The van der Waals surface area contributed by atoms with Crippen molar-refractivity contribution < 1.29 is 14.7 Å². The first-order valence-corrected chi connectivity index (χ1v) is 7.10. The lowest BCUT2D eigenvalue weighted by atomic mass is 10.2. The van der Waals surface area contributed by atoms with E-state index in [1.165, 1.54) is 23.7 Å². The van der Waals surface area contributed by atoms with E-state index in [1.807, 2.05) is 30.3 Å². The van der Waals surface area contributed by atoms with E-state index in [0.717, 1.165) is 5.56 Å². The molecule has 1 atom stereocenters. The largest absolute Gasteiger partial charge is 0.481 e. The fraction of sp³-hybridized carbons (Fsp3) is 0.250. The second kappa shape index (κ2) is 7.35. The quantitative estimate of drug-likeness (QED) is 0.819. The van der Waals surface area contributed by atoms with E-state index >= 15 is 0 Å². The molecule has 0 spiro atoms. The predicted octanol–water partition coefficient (Wildman–Crippen LogP) is 0.742. The Kier molecular flexibility index (Phi) is 5.24. The number of carboxylic acids is 1. The molecule has 0 radical (unpaired) electrons. The molecule has 0 bridgehead atoms. The number of rotatable bonds is 6. The van der Waals surface area contributed by atoms with E-state index in [-0.39, 0.29) is 24.3 Å². The summed E-state index contributed by atoms with van der Waals surface area (Å²) in [5.41, 5.74) is 0.640. The molecule has 0 saturated heterocycles. The maximum absolute atomic E-state index is 12.0. The van der Waals surface area contributed by atoms with Crippen LogP contribution in [-0.2, 0) is 11.3 Å². The summed E-state index contributed by atoms with van der Waals surface area (Å²) >= 11 is 0. The van der Waals surface area contributed by atoms with Crippen molar-refractivity contribution in [2.75, 3.05) is 6.54 Å². The number of amides is 1. The van der Waals surface area contributed by atoms with Crippen molar-refractivity contribution in [1.82, 2.24) is 15.1 Å². The Labute approximate surface area is 132 Å². The highest BCUT2D eigenvalue weighted by Gasteiger charge is 2.14. The van der Waals surface area contributed by atoms with Gasteiger partial charge in [0.05, 0.1) is 12.5 Å². The smallest absolute Gasteiger partial charge is 0.308 e. The van der Waals surface area contributed by atoms with Crippen LogP contribution in [0.15, 0.2) is 47.3 Å². The maximum atomic E-state index is 12.0. The Morgan fingerprint density at radius 3 is 2.57 bits per heavy atom. The van der Waals surface area contributed by atoms with E-state index in [0.29, 0.717) is 0 Å². The van der Waals surface area contributed by atoms with Gasteiger partial charge in [0, 0.05) is 12.6 Å². The molecule has 1 heterocycles. The van der Waals surface area contributed by atoms with Gasteiger partial charge in [-0.25, -0.2) is 4.68 Å². The molecule has 2 rings (SSSR count). The summed E-state index contributed by atoms with van der Waals surface area (Å²) in [5.74, 6) is -2.21. The number of hydrogen-bond acceptors (Lipinski definition) is 4. The number of carbonyl (C=O) groups is 2. The molecule has 1 aromatic carbocycles. The number of aromatic nitrogens is 2. The molecule has 23 heavy (non-hydrogen) atoms. The van der Waals surface area contributed by atoms with Crippen molar-refractivity contribution >= 4 is 11.9 Å². The van der Waals surface area contributed by atoms with Gasteiger partial charge < -0.3 is 10.4 Å². The first-order chi connectivity index (χ1) is 11.0. The van der Waals surface area contributed by atoms with Gasteiger partial charge in [0.1, 0.15) is 5.69 Å².